The minimum atomic E-state index is -1.08. The van der Waals surface area contributed by atoms with E-state index in [0.717, 1.165) is 0 Å². The van der Waals surface area contributed by atoms with Gasteiger partial charge in [-0.1, -0.05) is 12.1 Å². The van der Waals surface area contributed by atoms with Gasteiger partial charge in [-0.2, -0.15) is 0 Å². The molecule has 0 spiro atoms. The number of aromatic carboxylic acids is 1. The van der Waals surface area contributed by atoms with Crippen LogP contribution in [-0.2, 0) is 4.79 Å². The Bertz CT molecular complexity index is 718. The summed E-state index contributed by atoms with van der Waals surface area (Å²) >= 11 is 3.16. The van der Waals surface area contributed by atoms with Crippen LogP contribution in [0.2, 0.25) is 0 Å². The number of nitrogens with one attached hydrogen (secondary N) is 1. The summed E-state index contributed by atoms with van der Waals surface area (Å²) in [5.41, 5.74) is 0.928. The number of benzene rings is 1. The molecule has 1 aromatic carbocycles. The molecule has 0 saturated heterocycles. The number of hydrogen-bond acceptors (Lipinski definition) is 3. The molecule has 2 N–H and O–H groups in total. The first-order chi connectivity index (χ1) is 9.97. The number of carboxylic acid groups (broad SMARTS) is 1. The molecule has 108 valence electrons. The number of carbonyl (C=O) groups is 2. The molecule has 1 heterocycles. The lowest BCUT2D eigenvalue weighted by Gasteiger charge is -2.08. The standard InChI is InChI=1S/C15H12BrNO4/c1-9-3-2-4-11(14(9)15(19)20)17-13(18)8-6-10-5-7-12(16)21-10/h2-8H,1H3,(H,17,18)(H,19,20). The quantitative estimate of drug-likeness (QED) is 0.824. The van der Waals surface area contributed by atoms with Crippen molar-refractivity contribution in [3.63, 3.8) is 0 Å². The average molecular weight is 350 g/mol. The van der Waals surface area contributed by atoms with Crippen molar-refractivity contribution in [2.24, 2.45) is 0 Å². The third kappa shape index (κ3) is 3.82. The van der Waals surface area contributed by atoms with Crippen LogP contribution >= 0.6 is 15.9 Å². The van der Waals surface area contributed by atoms with Crippen LogP contribution in [0, 0.1) is 6.92 Å². The van der Waals surface area contributed by atoms with Crippen molar-refractivity contribution >= 4 is 39.6 Å². The van der Waals surface area contributed by atoms with Gasteiger partial charge in [-0.25, -0.2) is 4.79 Å². The van der Waals surface area contributed by atoms with Crippen LogP contribution in [0.25, 0.3) is 6.08 Å². The highest BCUT2D eigenvalue weighted by Crippen LogP contribution is 2.20. The number of carbonyl (C=O) groups excluding carboxylic acids is 1. The van der Waals surface area contributed by atoms with E-state index in [4.69, 9.17) is 4.42 Å². The molecule has 0 atom stereocenters. The largest absolute Gasteiger partial charge is 0.478 e. The van der Waals surface area contributed by atoms with Crippen LogP contribution < -0.4 is 5.32 Å². The summed E-state index contributed by atoms with van der Waals surface area (Å²) in [6.07, 6.45) is 2.77. The van der Waals surface area contributed by atoms with Crippen LogP contribution in [0.4, 0.5) is 5.69 Å². The maximum Gasteiger partial charge on any atom is 0.338 e. The molecule has 0 aliphatic rings. The predicted molar refractivity (Wildman–Crippen MR) is 82.2 cm³/mol. The molecule has 0 unspecified atom stereocenters. The number of carboxylic acids is 1. The fourth-order valence-electron chi connectivity index (χ4n) is 1.81. The van der Waals surface area contributed by atoms with E-state index in [0.29, 0.717) is 16.0 Å². The van der Waals surface area contributed by atoms with Gasteiger partial charge in [-0.05, 0) is 52.7 Å². The summed E-state index contributed by atoms with van der Waals surface area (Å²) in [5, 5.41) is 11.7. The lowest BCUT2D eigenvalue weighted by atomic mass is 10.1. The third-order valence-electron chi connectivity index (χ3n) is 2.74. The normalized spacial score (nSPS) is 10.8. The molecule has 0 fully saturated rings. The number of rotatable bonds is 4. The summed E-state index contributed by atoms with van der Waals surface area (Å²) in [6.45, 7) is 1.68. The molecule has 0 radical (unpaired) electrons. The Balaban J connectivity index is 2.15. The van der Waals surface area contributed by atoms with E-state index in [1.165, 1.54) is 12.2 Å². The highest BCUT2D eigenvalue weighted by Gasteiger charge is 2.13. The molecule has 0 aliphatic heterocycles. The van der Waals surface area contributed by atoms with Crippen molar-refractivity contribution in [3.05, 3.63) is 58.0 Å². The number of halogens is 1. The van der Waals surface area contributed by atoms with Crippen LogP contribution in [0.3, 0.4) is 0 Å². The highest BCUT2D eigenvalue weighted by atomic mass is 79.9. The van der Waals surface area contributed by atoms with Crippen LogP contribution in [-0.4, -0.2) is 17.0 Å². The van der Waals surface area contributed by atoms with Gasteiger partial charge in [0.2, 0.25) is 5.91 Å². The Morgan fingerprint density at radius 1 is 1.29 bits per heavy atom. The molecule has 0 bridgehead atoms. The zero-order valence-electron chi connectivity index (χ0n) is 11.1. The van der Waals surface area contributed by atoms with Crippen LogP contribution in [0.15, 0.2) is 45.5 Å². The lowest BCUT2D eigenvalue weighted by Crippen LogP contribution is -2.13. The van der Waals surface area contributed by atoms with Crippen molar-refractivity contribution in [2.45, 2.75) is 6.92 Å². The average Bonchev–Trinajstić information content (AvgIpc) is 2.82. The number of furan rings is 1. The molecule has 0 saturated carbocycles. The topological polar surface area (TPSA) is 79.5 Å². The summed E-state index contributed by atoms with van der Waals surface area (Å²) in [4.78, 5) is 23.1. The van der Waals surface area contributed by atoms with Gasteiger partial charge in [0.15, 0.2) is 4.67 Å². The predicted octanol–water partition coefficient (Wildman–Crippen LogP) is 3.70. The summed E-state index contributed by atoms with van der Waals surface area (Å²) in [5.74, 6) is -1.00. The van der Waals surface area contributed by atoms with E-state index in [1.54, 1.807) is 37.3 Å². The second-order valence-electron chi connectivity index (χ2n) is 4.27. The van der Waals surface area contributed by atoms with Crippen molar-refractivity contribution < 1.29 is 19.1 Å². The summed E-state index contributed by atoms with van der Waals surface area (Å²) in [6, 6.07) is 8.32. The zero-order chi connectivity index (χ0) is 15.4. The monoisotopic (exact) mass is 349 g/mol. The molecular formula is C15H12BrNO4. The molecule has 1 amide bonds. The Kier molecular flexibility index (Phi) is 4.59. The molecule has 5 nitrogen and oxygen atoms in total. The first-order valence-corrected chi connectivity index (χ1v) is 6.84. The Morgan fingerprint density at radius 3 is 2.67 bits per heavy atom. The smallest absolute Gasteiger partial charge is 0.338 e. The number of aryl methyl sites for hydroxylation is 1. The number of hydrogen-bond donors (Lipinski definition) is 2. The molecule has 2 aromatic rings. The van der Waals surface area contributed by atoms with Crippen LogP contribution in [0.1, 0.15) is 21.7 Å². The first kappa shape index (κ1) is 15.1. The van der Waals surface area contributed by atoms with Crippen LogP contribution in [0.5, 0.6) is 0 Å². The van der Waals surface area contributed by atoms with Gasteiger partial charge in [0.05, 0.1) is 11.3 Å². The number of anilines is 1. The van der Waals surface area contributed by atoms with Gasteiger partial charge < -0.3 is 14.8 Å². The van der Waals surface area contributed by atoms with Gasteiger partial charge in [0, 0.05) is 6.08 Å². The second-order valence-corrected chi connectivity index (χ2v) is 5.05. The fourth-order valence-corrected chi connectivity index (χ4v) is 2.12. The van der Waals surface area contributed by atoms with E-state index >= 15 is 0 Å². The SMILES string of the molecule is Cc1cccc(NC(=O)C=Cc2ccc(Br)o2)c1C(=O)O. The molecule has 6 heteroatoms. The first-order valence-electron chi connectivity index (χ1n) is 6.04. The highest BCUT2D eigenvalue weighted by molar-refractivity contribution is 9.10. The number of amides is 1. The molecule has 1 aromatic heterocycles. The molecule has 0 aliphatic carbocycles. The zero-order valence-corrected chi connectivity index (χ0v) is 12.7. The van der Waals surface area contributed by atoms with Crippen molar-refractivity contribution in [1.82, 2.24) is 0 Å². The minimum absolute atomic E-state index is 0.0833. The Morgan fingerprint density at radius 2 is 2.05 bits per heavy atom. The third-order valence-corrected chi connectivity index (χ3v) is 3.16. The van der Waals surface area contributed by atoms with Crippen molar-refractivity contribution in [1.29, 1.82) is 0 Å². The van der Waals surface area contributed by atoms with Crippen molar-refractivity contribution in [2.75, 3.05) is 5.32 Å². The van der Waals surface area contributed by atoms with Crippen molar-refractivity contribution in [3.8, 4) is 0 Å². The lowest BCUT2D eigenvalue weighted by molar-refractivity contribution is -0.111. The fraction of sp³-hybridized carbons (Fsp3) is 0.0667. The summed E-state index contributed by atoms with van der Waals surface area (Å²) < 4.78 is 5.79. The summed E-state index contributed by atoms with van der Waals surface area (Å²) in [7, 11) is 0. The molecule has 2 rings (SSSR count). The molecular weight excluding hydrogens is 338 g/mol. The maximum absolute atomic E-state index is 11.8. The van der Waals surface area contributed by atoms with Gasteiger partial charge in [0.25, 0.3) is 0 Å². The Hall–Kier alpha value is -2.34. The van der Waals surface area contributed by atoms with E-state index in [1.807, 2.05) is 0 Å². The maximum atomic E-state index is 11.8. The van der Waals surface area contributed by atoms with E-state index in [2.05, 4.69) is 21.2 Å². The van der Waals surface area contributed by atoms with E-state index < -0.39 is 11.9 Å². The van der Waals surface area contributed by atoms with Gasteiger partial charge in [-0.3, -0.25) is 4.79 Å². The Labute approximate surface area is 129 Å². The second kappa shape index (κ2) is 6.41. The van der Waals surface area contributed by atoms with E-state index in [9.17, 15) is 14.7 Å². The van der Waals surface area contributed by atoms with E-state index in [-0.39, 0.29) is 11.3 Å². The van der Waals surface area contributed by atoms with Gasteiger partial charge >= 0.3 is 5.97 Å². The minimum Gasteiger partial charge on any atom is -0.478 e. The van der Waals surface area contributed by atoms with Gasteiger partial charge in [0.1, 0.15) is 5.76 Å². The molecule has 21 heavy (non-hydrogen) atoms. The van der Waals surface area contributed by atoms with Gasteiger partial charge in [-0.15, -0.1) is 0 Å².